The molecule has 1 aliphatic rings. The minimum Gasteiger partial charge on any atom is -0.329 e. The Morgan fingerprint density at radius 2 is 1.62 bits per heavy atom. The van der Waals surface area contributed by atoms with Crippen molar-refractivity contribution in [1.29, 1.82) is 0 Å². The van der Waals surface area contributed by atoms with E-state index in [1.807, 2.05) is 9.91 Å². The Hall–Kier alpha value is -1.14. The molecule has 1 aliphatic heterocycles. The highest BCUT2D eigenvalue weighted by Gasteiger charge is 2.10. The Balaban J connectivity index is 1.96. The largest absolute Gasteiger partial charge is 0.329 e. The fourth-order valence-electron chi connectivity index (χ4n) is 3.52. The summed E-state index contributed by atoms with van der Waals surface area (Å²) in [5.41, 5.74) is 8.93. The molecule has 1 heterocycles. The average Bonchev–Trinajstić information content (AvgIpc) is 3.23. The van der Waals surface area contributed by atoms with E-state index in [1.165, 1.54) is 83.5 Å². The van der Waals surface area contributed by atoms with Gasteiger partial charge in [0, 0.05) is 19.3 Å². The molecule has 0 saturated heterocycles. The highest BCUT2D eigenvalue weighted by molar-refractivity contribution is 7.80. The van der Waals surface area contributed by atoms with Crippen molar-refractivity contribution < 1.29 is 0 Å². The van der Waals surface area contributed by atoms with Crippen LogP contribution in [0.5, 0.6) is 0 Å². The molecular formula is C23H45N5S. The van der Waals surface area contributed by atoms with Crippen LogP contribution in [-0.4, -0.2) is 47.5 Å². The number of nitrogens with zero attached hydrogens (tertiary/aromatic N) is 3. The van der Waals surface area contributed by atoms with Gasteiger partial charge < -0.3 is 10.6 Å². The van der Waals surface area contributed by atoms with Crippen LogP contribution in [-0.2, 0) is 0 Å². The van der Waals surface area contributed by atoms with Crippen molar-refractivity contribution in [2.45, 2.75) is 96.8 Å². The lowest BCUT2D eigenvalue weighted by atomic mass is 10.0. The van der Waals surface area contributed by atoms with Gasteiger partial charge in [0.15, 0.2) is 5.11 Å². The molecule has 1 rings (SSSR count). The van der Waals surface area contributed by atoms with Crippen LogP contribution in [0.25, 0.3) is 0 Å². The van der Waals surface area contributed by atoms with Gasteiger partial charge >= 0.3 is 0 Å². The van der Waals surface area contributed by atoms with E-state index in [2.05, 4.69) is 29.6 Å². The standard InChI is InChI=1S/C23H45N5S/c1-2-3-4-5-6-7-8-9-10-11-12-13-14-15-16-19-27(20-17-24)23(29)26-28-21-18-25-22-28/h16,19,22H,2-15,17-18,20-21,24H2,1H3,(H,26,29). The minimum absolute atomic E-state index is 0.582. The lowest BCUT2D eigenvalue weighted by molar-refractivity contribution is 0.395. The summed E-state index contributed by atoms with van der Waals surface area (Å²) in [7, 11) is 0. The SMILES string of the molecule is CCCCCCCCCCCCCCCC=CN(CCN)C(=S)NN1C=NCC1. The second-order valence-electron chi connectivity index (χ2n) is 8.03. The number of nitrogens with one attached hydrogen (secondary N) is 1. The van der Waals surface area contributed by atoms with E-state index in [0.717, 1.165) is 26.1 Å². The first-order chi connectivity index (χ1) is 14.3. The molecule has 0 fully saturated rings. The predicted octanol–water partition coefficient (Wildman–Crippen LogP) is 5.38. The molecule has 0 aliphatic carbocycles. The van der Waals surface area contributed by atoms with Crippen LogP contribution >= 0.6 is 12.2 Å². The van der Waals surface area contributed by atoms with Gasteiger partial charge in [-0.3, -0.25) is 15.4 Å². The van der Waals surface area contributed by atoms with Gasteiger partial charge in [-0.05, 0) is 25.1 Å². The van der Waals surface area contributed by atoms with Crippen molar-refractivity contribution >= 4 is 23.7 Å². The number of hydrogen-bond donors (Lipinski definition) is 2. The number of hydrogen-bond acceptors (Lipinski definition) is 4. The lowest BCUT2D eigenvalue weighted by Gasteiger charge is -2.25. The normalized spacial score (nSPS) is 13.5. The Labute approximate surface area is 185 Å². The summed E-state index contributed by atoms with van der Waals surface area (Å²) in [6.07, 6.45) is 25.3. The third kappa shape index (κ3) is 14.5. The van der Waals surface area contributed by atoms with Crippen LogP contribution in [0.4, 0.5) is 0 Å². The average molecular weight is 424 g/mol. The summed E-state index contributed by atoms with van der Waals surface area (Å²) in [6.45, 7) is 5.28. The second kappa shape index (κ2) is 18.9. The van der Waals surface area contributed by atoms with E-state index in [0.29, 0.717) is 11.7 Å². The zero-order valence-corrected chi connectivity index (χ0v) is 19.6. The summed E-state index contributed by atoms with van der Waals surface area (Å²) in [5.74, 6) is 0. The predicted molar refractivity (Wildman–Crippen MR) is 131 cm³/mol. The van der Waals surface area contributed by atoms with Crippen LogP contribution in [0.3, 0.4) is 0 Å². The van der Waals surface area contributed by atoms with E-state index < -0.39 is 0 Å². The first-order valence-electron chi connectivity index (χ1n) is 12.0. The van der Waals surface area contributed by atoms with Crippen molar-refractivity contribution in [2.24, 2.45) is 10.7 Å². The van der Waals surface area contributed by atoms with E-state index in [4.69, 9.17) is 18.0 Å². The van der Waals surface area contributed by atoms with E-state index in [-0.39, 0.29) is 0 Å². The molecule has 0 spiro atoms. The molecule has 5 nitrogen and oxygen atoms in total. The summed E-state index contributed by atoms with van der Waals surface area (Å²) in [6, 6.07) is 0. The summed E-state index contributed by atoms with van der Waals surface area (Å²) >= 11 is 5.49. The van der Waals surface area contributed by atoms with Gasteiger partial charge in [-0.15, -0.1) is 0 Å². The minimum atomic E-state index is 0.582. The second-order valence-corrected chi connectivity index (χ2v) is 8.42. The molecule has 3 N–H and O–H groups in total. The number of unbranched alkanes of at least 4 members (excludes halogenated alkanes) is 13. The molecule has 0 amide bonds. The maximum Gasteiger partial charge on any atom is 0.192 e. The first-order valence-corrected chi connectivity index (χ1v) is 12.4. The van der Waals surface area contributed by atoms with Gasteiger partial charge in [0.05, 0.1) is 13.1 Å². The van der Waals surface area contributed by atoms with Crippen LogP contribution < -0.4 is 11.2 Å². The Morgan fingerprint density at radius 1 is 1.03 bits per heavy atom. The number of allylic oxidation sites excluding steroid dienone is 1. The quantitative estimate of drug-likeness (QED) is 0.229. The maximum atomic E-state index is 5.73. The highest BCUT2D eigenvalue weighted by atomic mass is 32.1. The zero-order valence-electron chi connectivity index (χ0n) is 18.8. The number of thiocarbonyl (C=S) groups is 1. The lowest BCUT2D eigenvalue weighted by Crippen LogP contribution is -2.47. The third-order valence-corrected chi connectivity index (χ3v) is 5.65. The molecule has 6 heteroatoms. The van der Waals surface area contributed by atoms with E-state index in [9.17, 15) is 0 Å². The van der Waals surface area contributed by atoms with Gasteiger partial charge in [-0.25, -0.2) is 0 Å². The molecule has 0 aromatic rings. The van der Waals surface area contributed by atoms with Crippen LogP contribution in [0, 0.1) is 0 Å². The van der Waals surface area contributed by atoms with Crippen molar-refractivity contribution in [1.82, 2.24) is 15.3 Å². The van der Waals surface area contributed by atoms with E-state index >= 15 is 0 Å². The van der Waals surface area contributed by atoms with Gasteiger partial charge in [0.1, 0.15) is 6.34 Å². The summed E-state index contributed by atoms with van der Waals surface area (Å²) in [5, 5.41) is 2.61. The van der Waals surface area contributed by atoms with Crippen molar-refractivity contribution in [3.63, 3.8) is 0 Å². The van der Waals surface area contributed by atoms with Crippen molar-refractivity contribution in [3.05, 3.63) is 12.3 Å². The molecule has 0 unspecified atom stereocenters. The molecule has 0 bridgehead atoms. The molecule has 0 aromatic carbocycles. The monoisotopic (exact) mass is 423 g/mol. The summed E-state index contributed by atoms with van der Waals surface area (Å²) in [4.78, 5) is 6.20. The molecule has 29 heavy (non-hydrogen) atoms. The van der Waals surface area contributed by atoms with Crippen LogP contribution in [0.15, 0.2) is 17.3 Å². The fourth-order valence-corrected chi connectivity index (χ4v) is 3.79. The van der Waals surface area contributed by atoms with E-state index in [1.54, 1.807) is 6.34 Å². The third-order valence-electron chi connectivity index (χ3n) is 5.32. The molecule has 168 valence electrons. The number of hydrazine groups is 1. The van der Waals surface area contributed by atoms with Crippen LogP contribution in [0.2, 0.25) is 0 Å². The molecule has 0 radical (unpaired) electrons. The molecule has 0 atom stereocenters. The smallest absolute Gasteiger partial charge is 0.192 e. The maximum absolute atomic E-state index is 5.73. The Kier molecular flexibility index (Phi) is 16.8. The molecular weight excluding hydrogens is 378 g/mol. The Morgan fingerprint density at radius 3 is 2.14 bits per heavy atom. The van der Waals surface area contributed by atoms with Gasteiger partial charge in [-0.2, -0.15) is 0 Å². The van der Waals surface area contributed by atoms with Crippen molar-refractivity contribution in [2.75, 3.05) is 26.2 Å². The molecule has 0 saturated carbocycles. The van der Waals surface area contributed by atoms with Crippen molar-refractivity contribution in [3.8, 4) is 0 Å². The van der Waals surface area contributed by atoms with Gasteiger partial charge in [0.2, 0.25) is 0 Å². The van der Waals surface area contributed by atoms with Crippen LogP contribution in [0.1, 0.15) is 96.8 Å². The topological polar surface area (TPSA) is 56.9 Å². The summed E-state index contributed by atoms with van der Waals surface area (Å²) < 4.78 is 0. The molecule has 0 aromatic heterocycles. The first kappa shape index (κ1) is 25.9. The highest BCUT2D eigenvalue weighted by Crippen LogP contribution is 2.13. The fraction of sp³-hybridized carbons (Fsp3) is 0.826. The van der Waals surface area contributed by atoms with Gasteiger partial charge in [-0.1, -0.05) is 90.0 Å². The zero-order chi connectivity index (χ0) is 21.0. The number of aliphatic imine (C=N–C) groups is 1. The number of nitrogens with two attached hydrogens (primary N) is 1. The Bertz CT molecular complexity index is 453. The van der Waals surface area contributed by atoms with Gasteiger partial charge in [0.25, 0.3) is 0 Å². The number of rotatable bonds is 18.